The van der Waals surface area contributed by atoms with Gasteiger partial charge in [-0.1, -0.05) is 90.5 Å². The zero-order valence-electron chi connectivity index (χ0n) is 23.6. The van der Waals surface area contributed by atoms with Crippen LogP contribution in [0.25, 0.3) is 0 Å². The van der Waals surface area contributed by atoms with Crippen LogP contribution >= 0.6 is 0 Å². The Morgan fingerprint density at radius 1 is 0.810 bits per heavy atom. The number of likely N-dealkylation sites (N-methyl/N-ethyl adjacent to an activating group) is 1. The molecular formula is C33H34FN3O4S. The zero-order valence-corrected chi connectivity index (χ0v) is 24.4. The number of amides is 2. The third-order valence-corrected chi connectivity index (χ3v) is 8.60. The molecule has 4 aromatic rings. The summed E-state index contributed by atoms with van der Waals surface area (Å²) in [7, 11) is -4.36. The molecular weight excluding hydrogens is 553 g/mol. The van der Waals surface area contributed by atoms with E-state index in [1.807, 2.05) is 67.6 Å². The fourth-order valence-electron chi connectivity index (χ4n) is 4.63. The number of sulfonamides is 1. The van der Waals surface area contributed by atoms with Crippen LogP contribution < -0.4 is 9.62 Å². The van der Waals surface area contributed by atoms with E-state index in [0.29, 0.717) is 6.54 Å². The molecule has 4 rings (SSSR count). The number of aryl methyl sites for hydroxylation is 1. The Hall–Kier alpha value is -4.50. The summed E-state index contributed by atoms with van der Waals surface area (Å²) in [6.45, 7) is 3.29. The van der Waals surface area contributed by atoms with Gasteiger partial charge in [0.25, 0.3) is 10.0 Å². The normalized spacial score (nSPS) is 11.9. The number of carbonyl (C=O) groups excluding carboxylic acids is 2. The summed E-state index contributed by atoms with van der Waals surface area (Å²) in [6.07, 6.45) is 0.204. The predicted octanol–water partition coefficient (Wildman–Crippen LogP) is 5.11. The maximum absolute atomic E-state index is 15.1. The van der Waals surface area contributed by atoms with Crippen molar-refractivity contribution in [3.8, 4) is 0 Å². The number of hydrogen-bond acceptors (Lipinski definition) is 4. The minimum Gasteiger partial charge on any atom is -0.355 e. The van der Waals surface area contributed by atoms with Gasteiger partial charge >= 0.3 is 0 Å². The molecule has 0 spiro atoms. The van der Waals surface area contributed by atoms with Gasteiger partial charge in [-0.15, -0.1) is 0 Å². The molecule has 0 aliphatic carbocycles. The van der Waals surface area contributed by atoms with E-state index < -0.39 is 34.3 Å². The first-order chi connectivity index (χ1) is 20.2. The largest absolute Gasteiger partial charge is 0.355 e. The standard InChI is InChI=1S/C33H34FN3O4S/c1-3-35-33(39)31(22-26-12-6-4-7-13-26)36(23-27-14-8-5-9-15-27)32(38)24-37(30-17-11-10-16-29(30)34)42(40,41)28-20-18-25(2)19-21-28/h4-21,31H,3,22-24H2,1-2H3,(H,35,39)/t31-/m0/s1. The number of rotatable bonds is 12. The van der Waals surface area contributed by atoms with Crippen molar-refractivity contribution < 1.29 is 22.4 Å². The smallest absolute Gasteiger partial charge is 0.264 e. The van der Waals surface area contributed by atoms with E-state index in [2.05, 4.69) is 5.32 Å². The van der Waals surface area contributed by atoms with Crippen molar-refractivity contribution in [2.45, 2.75) is 37.8 Å². The van der Waals surface area contributed by atoms with Crippen molar-refractivity contribution in [3.05, 3.63) is 132 Å². The van der Waals surface area contributed by atoms with Crippen LogP contribution in [0.3, 0.4) is 0 Å². The highest BCUT2D eigenvalue weighted by atomic mass is 32.2. The van der Waals surface area contributed by atoms with Crippen molar-refractivity contribution in [1.29, 1.82) is 0 Å². The maximum Gasteiger partial charge on any atom is 0.264 e. The minimum atomic E-state index is -4.36. The molecule has 2 amide bonds. The first-order valence-corrected chi connectivity index (χ1v) is 15.1. The van der Waals surface area contributed by atoms with Crippen molar-refractivity contribution in [2.24, 2.45) is 0 Å². The minimum absolute atomic E-state index is 0.0456. The molecule has 4 aromatic carbocycles. The van der Waals surface area contributed by atoms with Crippen LogP contribution in [0.1, 0.15) is 23.6 Å². The number of para-hydroxylation sites is 1. The van der Waals surface area contributed by atoms with Crippen molar-refractivity contribution >= 4 is 27.5 Å². The molecule has 0 unspecified atom stereocenters. The van der Waals surface area contributed by atoms with Crippen LogP contribution in [-0.4, -0.2) is 44.3 Å². The van der Waals surface area contributed by atoms with E-state index in [-0.39, 0.29) is 29.5 Å². The Kier molecular flexibility index (Phi) is 10.1. The molecule has 0 saturated carbocycles. The molecule has 0 aliphatic heterocycles. The summed E-state index contributed by atoms with van der Waals surface area (Å²) < 4.78 is 43.7. The maximum atomic E-state index is 15.1. The number of benzene rings is 4. The highest BCUT2D eigenvalue weighted by molar-refractivity contribution is 7.92. The molecule has 0 saturated heterocycles. The molecule has 1 atom stereocenters. The second kappa shape index (κ2) is 13.9. The van der Waals surface area contributed by atoms with E-state index in [1.54, 1.807) is 19.1 Å². The Bertz CT molecular complexity index is 1600. The second-order valence-corrected chi connectivity index (χ2v) is 11.7. The highest BCUT2D eigenvalue weighted by Crippen LogP contribution is 2.27. The monoisotopic (exact) mass is 587 g/mol. The summed E-state index contributed by atoms with van der Waals surface area (Å²) in [4.78, 5) is 29.0. The van der Waals surface area contributed by atoms with Gasteiger partial charge in [0, 0.05) is 19.5 Å². The molecule has 1 N–H and O–H groups in total. The molecule has 0 heterocycles. The number of nitrogens with zero attached hydrogens (tertiary/aromatic N) is 2. The summed E-state index contributed by atoms with van der Waals surface area (Å²) in [5.41, 5.74) is 2.18. The van der Waals surface area contributed by atoms with Crippen molar-refractivity contribution in [2.75, 3.05) is 17.4 Å². The number of nitrogens with one attached hydrogen (secondary N) is 1. The lowest BCUT2D eigenvalue weighted by molar-refractivity contribution is -0.140. The van der Waals surface area contributed by atoms with E-state index in [4.69, 9.17) is 0 Å². The van der Waals surface area contributed by atoms with Crippen molar-refractivity contribution in [1.82, 2.24) is 10.2 Å². The van der Waals surface area contributed by atoms with Gasteiger partial charge in [-0.25, -0.2) is 12.8 Å². The summed E-state index contributed by atoms with van der Waals surface area (Å²) >= 11 is 0. The molecule has 7 nitrogen and oxygen atoms in total. The van der Waals surface area contributed by atoms with E-state index in [0.717, 1.165) is 27.1 Å². The average Bonchev–Trinajstić information content (AvgIpc) is 2.99. The zero-order chi connectivity index (χ0) is 30.1. The third kappa shape index (κ3) is 7.41. The fraction of sp³-hybridized carbons (Fsp3) is 0.212. The van der Waals surface area contributed by atoms with Crippen LogP contribution in [0.4, 0.5) is 10.1 Å². The lowest BCUT2D eigenvalue weighted by Gasteiger charge is -2.33. The van der Waals surface area contributed by atoms with Gasteiger partial charge in [0.05, 0.1) is 10.6 Å². The summed E-state index contributed by atoms with van der Waals surface area (Å²) in [5.74, 6) is -1.81. The third-order valence-electron chi connectivity index (χ3n) is 6.83. The van der Waals surface area contributed by atoms with Crippen LogP contribution in [0.5, 0.6) is 0 Å². The van der Waals surface area contributed by atoms with Gasteiger partial charge in [0.1, 0.15) is 18.4 Å². The van der Waals surface area contributed by atoms with Gasteiger partial charge in [0.15, 0.2) is 0 Å². The molecule has 42 heavy (non-hydrogen) atoms. The molecule has 0 fully saturated rings. The van der Waals surface area contributed by atoms with Gasteiger partial charge in [0.2, 0.25) is 11.8 Å². The topological polar surface area (TPSA) is 86.8 Å². The van der Waals surface area contributed by atoms with Crippen molar-refractivity contribution in [3.63, 3.8) is 0 Å². The Labute approximate surface area is 246 Å². The van der Waals surface area contributed by atoms with Crippen LogP contribution in [0.2, 0.25) is 0 Å². The number of carbonyl (C=O) groups is 2. The Morgan fingerprint density at radius 2 is 1.38 bits per heavy atom. The Balaban J connectivity index is 1.79. The van der Waals surface area contributed by atoms with Gasteiger partial charge in [-0.2, -0.15) is 0 Å². The van der Waals surface area contributed by atoms with Crippen LogP contribution in [0.15, 0.2) is 114 Å². The molecule has 0 aliphatic rings. The van der Waals surface area contributed by atoms with Gasteiger partial charge in [-0.05, 0) is 49.2 Å². The highest BCUT2D eigenvalue weighted by Gasteiger charge is 2.35. The Morgan fingerprint density at radius 3 is 1.98 bits per heavy atom. The molecule has 0 aromatic heterocycles. The SMILES string of the molecule is CCNC(=O)[C@H](Cc1ccccc1)N(Cc1ccccc1)C(=O)CN(c1ccccc1F)S(=O)(=O)c1ccc(C)cc1. The van der Waals surface area contributed by atoms with Gasteiger partial charge < -0.3 is 10.2 Å². The number of anilines is 1. The fourth-order valence-corrected chi connectivity index (χ4v) is 6.05. The molecule has 0 radical (unpaired) electrons. The predicted molar refractivity (Wildman–Crippen MR) is 162 cm³/mol. The molecule has 9 heteroatoms. The second-order valence-electron chi connectivity index (χ2n) is 9.88. The quantitative estimate of drug-likeness (QED) is 0.250. The first kappa shape index (κ1) is 30.5. The molecule has 0 bridgehead atoms. The summed E-state index contributed by atoms with van der Waals surface area (Å²) in [6, 6.07) is 29.0. The van der Waals surface area contributed by atoms with Crippen LogP contribution in [-0.2, 0) is 32.6 Å². The van der Waals surface area contributed by atoms with Crippen LogP contribution in [0, 0.1) is 12.7 Å². The van der Waals surface area contributed by atoms with E-state index in [9.17, 15) is 18.0 Å². The lowest BCUT2D eigenvalue weighted by atomic mass is 10.0. The summed E-state index contributed by atoms with van der Waals surface area (Å²) in [5, 5.41) is 2.82. The number of hydrogen-bond donors (Lipinski definition) is 1. The first-order valence-electron chi connectivity index (χ1n) is 13.7. The van der Waals surface area contributed by atoms with E-state index >= 15 is 4.39 Å². The average molecular weight is 588 g/mol. The van der Waals surface area contributed by atoms with E-state index in [1.165, 1.54) is 35.2 Å². The molecule has 218 valence electrons. The number of halogens is 1. The lowest BCUT2D eigenvalue weighted by Crippen LogP contribution is -2.53. The van der Waals surface area contributed by atoms with Gasteiger partial charge in [-0.3, -0.25) is 13.9 Å².